The van der Waals surface area contributed by atoms with Gasteiger partial charge in [0, 0.05) is 45.9 Å². The molecule has 2 N–H and O–H groups in total. The van der Waals surface area contributed by atoms with Gasteiger partial charge in [-0.3, -0.25) is 14.4 Å². The van der Waals surface area contributed by atoms with E-state index >= 15 is 0 Å². The van der Waals surface area contributed by atoms with E-state index in [2.05, 4.69) is 5.32 Å². The molecule has 0 saturated carbocycles. The Balaban J connectivity index is 1.21. The number of aromatic hydroxyl groups is 1. The molecule has 0 aliphatic carbocycles. The molecule has 0 spiro atoms. The second-order valence-corrected chi connectivity index (χ2v) is 11.6. The predicted molar refractivity (Wildman–Crippen MR) is 175 cm³/mol. The minimum absolute atomic E-state index is 0.0779. The number of fused-ring (bicyclic) bond motifs is 1. The molecule has 5 aromatic rings. The number of methoxy groups -OCH3 is 1. The summed E-state index contributed by atoms with van der Waals surface area (Å²) < 4.78 is 32.8. The van der Waals surface area contributed by atoms with Gasteiger partial charge in [-0.15, -0.1) is 11.3 Å². The Labute approximate surface area is 268 Å². The highest BCUT2D eigenvalue weighted by Gasteiger charge is 2.21. The third-order valence-electron chi connectivity index (χ3n) is 7.33. The van der Waals surface area contributed by atoms with Crippen LogP contribution in [0.25, 0.3) is 21.2 Å². The lowest BCUT2D eigenvalue weighted by Crippen LogP contribution is -2.32. The number of ketones is 1. The minimum Gasteiger partial charge on any atom is -0.504 e. The van der Waals surface area contributed by atoms with Crippen LogP contribution in [0.3, 0.4) is 0 Å². The van der Waals surface area contributed by atoms with E-state index in [1.54, 1.807) is 35.4 Å². The number of nitrogens with zero attached hydrogens (tertiary/aromatic N) is 1. The predicted octanol–water partition coefficient (Wildman–Crippen LogP) is 6.37. The highest BCUT2D eigenvalue weighted by Crippen LogP contribution is 2.34. The van der Waals surface area contributed by atoms with Crippen LogP contribution in [0.2, 0.25) is 0 Å². The Morgan fingerprint density at radius 1 is 1.02 bits per heavy atom. The summed E-state index contributed by atoms with van der Waals surface area (Å²) >= 11 is 1.19. The van der Waals surface area contributed by atoms with Crippen molar-refractivity contribution in [1.82, 2.24) is 9.88 Å². The molecule has 0 fully saturated rings. The van der Waals surface area contributed by atoms with E-state index in [4.69, 9.17) is 14.2 Å². The summed E-state index contributed by atoms with van der Waals surface area (Å²) in [6.45, 7) is 4.20. The lowest BCUT2D eigenvalue weighted by molar-refractivity contribution is 0.0878. The number of aromatic nitrogens is 1. The average Bonchev–Trinajstić information content (AvgIpc) is 3.49. The van der Waals surface area contributed by atoms with Gasteiger partial charge in [0.1, 0.15) is 18.2 Å². The SMILES string of the molecule is COc1ccc(COCCOc2ccc(C(=O)NCC(=O)c3cn(C(C)C)cc(-c4csc5c(F)cccc45)c3=O)cc2O)cc1. The Kier molecular flexibility index (Phi) is 10.1. The summed E-state index contributed by atoms with van der Waals surface area (Å²) in [4.78, 5) is 39.6. The molecule has 0 radical (unpaired) electrons. The number of hydrogen-bond acceptors (Lipinski definition) is 8. The molecule has 0 unspecified atom stereocenters. The van der Waals surface area contributed by atoms with E-state index in [9.17, 15) is 23.9 Å². The summed E-state index contributed by atoms with van der Waals surface area (Å²) in [7, 11) is 1.60. The molecule has 0 atom stereocenters. The molecule has 2 heterocycles. The molecular formula is C35H33FN2O7S. The first-order valence-electron chi connectivity index (χ1n) is 14.6. The van der Waals surface area contributed by atoms with Crippen molar-refractivity contribution in [3.05, 3.63) is 111 Å². The van der Waals surface area contributed by atoms with Gasteiger partial charge in [0.15, 0.2) is 22.7 Å². The van der Waals surface area contributed by atoms with Gasteiger partial charge in [-0.1, -0.05) is 24.3 Å². The number of thiophene rings is 1. The molecular weight excluding hydrogens is 611 g/mol. The fraction of sp³-hybridized carbons (Fsp3) is 0.229. The van der Waals surface area contributed by atoms with Crippen molar-refractivity contribution in [3.8, 4) is 28.4 Å². The highest BCUT2D eigenvalue weighted by molar-refractivity contribution is 7.17. The van der Waals surface area contributed by atoms with Gasteiger partial charge < -0.3 is 29.2 Å². The van der Waals surface area contributed by atoms with E-state index < -0.39 is 23.7 Å². The normalized spacial score (nSPS) is 11.2. The number of ether oxygens (including phenoxy) is 3. The number of Topliss-reactive ketones (excluding diaryl/α,β-unsaturated/α-hetero) is 1. The summed E-state index contributed by atoms with van der Waals surface area (Å²) in [5.74, 6) is -0.894. The zero-order valence-electron chi connectivity index (χ0n) is 25.5. The number of rotatable bonds is 13. The topological polar surface area (TPSA) is 116 Å². The largest absolute Gasteiger partial charge is 0.504 e. The number of carbonyl (C=O) groups is 2. The number of pyridine rings is 1. The van der Waals surface area contributed by atoms with Crippen molar-refractivity contribution >= 4 is 33.1 Å². The van der Waals surface area contributed by atoms with Gasteiger partial charge >= 0.3 is 0 Å². The summed E-state index contributed by atoms with van der Waals surface area (Å²) in [5, 5.41) is 15.2. The number of carbonyl (C=O) groups excluding carboxylic acids is 2. The first-order chi connectivity index (χ1) is 22.2. The molecule has 11 heteroatoms. The van der Waals surface area contributed by atoms with Gasteiger partial charge in [-0.25, -0.2) is 4.39 Å². The Hall–Kier alpha value is -5.00. The number of amides is 1. The maximum absolute atomic E-state index is 14.4. The quantitative estimate of drug-likeness (QED) is 0.113. The molecule has 46 heavy (non-hydrogen) atoms. The third kappa shape index (κ3) is 7.27. The maximum atomic E-state index is 14.4. The van der Waals surface area contributed by atoms with Gasteiger partial charge in [-0.2, -0.15) is 0 Å². The van der Waals surface area contributed by atoms with Gasteiger partial charge in [0.25, 0.3) is 5.91 Å². The van der Waals surface area contributed by atoms with E-state index in [-0.39, 0.29) is 53.3 Å². The molecule has 0 aliphatic heterocycles. The number of phenols is 1. The van der Waals surface area contributed by atoms with Gasteiger partial charge in [0.05, 0.1) is 37.1 Å². The maximum Gasteiger partial charge on any atom is 0.251 e. The summed E-state index contributed by atoms with van der Waals surface area (Å²) in [5.41, 5.74) is 1.29. The van der Waals surface area contributed by atoms with E-state index in [1.165, 1.54) is 41.8 Å². The fourth-order valence-corrected chi connectivity index (χ4v) is 5.75. The monoisotopic (exact) mass is 644 g/mol. The van der Waals surface area contributed by atoms with Crippen LogP contribution >= 0.6 is 11.3 Å². The van der Waals surface area contributed by atoms with Crippen LogP contribution in [-0.4, -0.2) is 48.2 Å². The van der Waals surface area contributed by atoms with Crippen LogP contribution in [0, 0.1) is 5.82 Å². The second-order valence-electron chi connectivity index (χ2n) is 10.8. The Bertz CT molecular complexity index is 1930. The zero-order chi connectivity index (χ0) is 32.8. The zero-order valence-corrected chi connectivity index (χ0v) is 26.4. The third-order valence-corrected chi connectivity index (χ3v) is 8.33. The van der Waals surface area contributed by atoms with Crippen LogP contribution in [0.4, 0.5) is 4.39 Å². The first-order valence-corrected chi connectivity index (χ1v) is 15.4. The first kappa shape index (κ1) is 32.4. The van der Waals surface area contributed by atoms with Crippen LogP contribution in [-0.2, 0) is 11.3 Å². The smallest absolute Gasteiger partial charge is 0.251 e. The van der Waals surface area contributed by atoms with Gasteiger partial charge in [-0.05, 0) is 55.8 Å². The number of phenolic OH excluding ortho intramolecular Hbond substituents is 1. The molecule has 3 aromatic carbocycles. The molecule has 9 nitrogen and oxygen atoms in total. The number of halogens is 1. The van der Waals surface area contributed by atoms with Crippen LogP contribution in [0.5, 0.6) is 17.2 Å². The van der Waals surface area contributed by atoms with Crippen molar-refractivity contribution in [3.63, 3.8) is 0 Å². The van der Waals surface area contributed by atoms with Gasteiger partial charge in [0.2, 0.25) is 0 Å². The Morgan fingerprint density at radius 2 is 1.80 bits per heavy atom. The Morgan fingerprint density at radius 3 is 2.52 bits per heavy atom. The van der Waals surface area contributed by atoms with E-state index in [1.807, 2.05) is 38.1 Å². The molecule has 2 aromatic heterocycles. The highest BCUT2D eigenvalue weighted by atomic mass is 32.1. The second kappa shape index (κ2) is 14.4. The molecule has 0 aliphatic rings. The summed E-state index contributed by atoms with van der Waals surface area (Å²) in [6.07, 6.45) is 3.13. The van der Waals surface area contributed by atoms with Crippen molar-refractivity contribution in [2.45, 2.75) is 26.5 Å². The van der Waals surface area contributed by atoms with E-state index in [0.29, 0.717) is 22.3 Å². The lowest BCUT2D eigenvalue weighted by atomic mass is 10.0. The molecule has 0 bridgehead atoms. The van der Waals surface area contributed by atoms with Crippen molar-refractivity contribution in [2.75, 3.05) is 26.9 Å². The van der Waals surface area contributed by atoms with Crippen molar-refractivity contribution < 1.29 is 33.3 Å². The lowest BCUT2D eigenvalue weighted by Gasteiger charge is -2.15. The van der Waals surface area contributed by atoms with Crippen LogP contribution < -0.4 is 20.2 Å². The molecule has 5 rings (SSSR count). The molecule has 1 amide bonds. The van der Waals surface area contributed by atoms with Crippen molar-refractivity contribution in [2.24, 2.45) is 0 Å². The summed E-state index contributed by atoms with van der Waals surface area (Å²) in [6, 6.07) is 16.2. The average molecular weight is 645 g/mol. The molecule has 0 saturated heterocycles. The van der Waals surface area contributed by atoms with E-state index in [0.717, 1.165) is 11.3 Å². The molecule has 238 valence electrons. The number of hydrogen-bond donors (Lipinski definition) is 2. The number of benzene rings is 3. The fourth-order valence-electron chi connectivity index (χ4n) is 4.78. The minimum atomic E-state index is -0.613. The number of nitrogens with one attached hydrogen (secondary N) is 1. The van der Waals surface area contributed by atoms with Crippen LogP contribution in [0.15, 0.2) is 83.2 Å². The van der Waals surface area contributed by atoms with Crippen LogP contribution in [0.1, 0.15) is 46.2 Å². The van der Waals surface area contributed by atoms with Crippen molar-refractivity contribution in [1.29, 1.82) is 0 Å². The standard InChI is InChI=1S/C35H33FN2O7S/c1-21(2)38-17-26(28-20-46-34-25(28)5-4-6-29(34)36)33(41)27(18-38)31(40)16-37-35(42)23-9-12-32(30(39)15-23)45-14-13-44-19-22-7-10-24(43-3)11-8-22/h4-12,15,17-18,20-21,39H,13-14,16,19H2,1-3H3,(H,37,42).